The van der Waals surface area contributed by atoms with Gasteiger partial charge in [0.25, 0.3) is 0 Å². The van der Waals surface area contributed by atoms with Crippen LogP contribution in [0, 0.1) is 0 Å². The zero-order valence-corrected chi connectivity index (χ0v) is 9.66. The Balaban J connectivity index is 2.84. The fourth-order valence-electron chi connectivity index (χ4n) is 1.47. The van der Waals surface area contributed by atoms with E-state index in [1.165, 1.54) is 19.2 Å². The molecule has 1 aromatic carbocycles. The van der Waals surface area contributed by atoms with Crippen molar-refractivity contribution in [2.75, 3.05) is 7.11 Å². The van der Waals surface area contributed by atoms with E-state index in [1.54, 1.807) is 6.92 Å². The van der Waals surface area contributed by atoms with Crippen LogP contribution in [0.25, 0.3) is 0 Å². The highest BCUT2D eigenvalue weighted by Gasteiger charge is 2.30. The predicted octanol–water partition coefficient (Wildman–Crippen LogP) is 3.16. The molecule has 2 unspecified atom stereocenters. The van der Waals surface area contributed by atoms with Crippen LogP contribution in [0.4, 0.5) is 13.2 Å². The lowest BCUT2D eigenvalue weighted by molar-refractivity contribution is -0.137. The van der Waals surface area contributed by atoms with Gasteiger partial charge in [0.2, 0.25) is 0 Å². The first-order valence-electron chi connectivity index (χ1n) is 5.22. The van der Waals surface area contributed by atoms with Gasteiger partial charge in [0.15, 0.2) is 0 Å². The summed E-state index contributed by atoms with van der Waals surface area (Å²) in [5.41, 5.74) is -0.497. The Bertz CT molecular complexity index is 363. The Morgan fingerprint density at radius 3 is 2.53 bits per heavy atom. The van der Waals surface area contributed by atoms with E-state index < -0.39 is 17.8 Å². The van der Waals surface area contributed by atoms with Gasteiger partial charge in [-0.05, 0) is 24.6 Å². The molecule has 1 aromatic rings. The standard InChI is InChI=1S/C12H15F3O2/c1-8(17-2)6-11(16)9-4-3-5-10(7-9)12(13,14)15/h3-5,7-8,11,16H,6H2,1-2H3. The van der Waals surface area contributed by atoms with E-state index >= 15 is 0 Å². The van der Waals surface area contributed by atoms with Crippen molar-refractivity contribution in [3.63, 3.8) is 0 Å². The number of hydrogen-bond donors (Lipinski definition) is 1. The third-order valence-electron chi connectivity index (χ3n) is 2.56. The first kappa shape index (κ1) is 14.0. The Labute approximate surface area is 98.0 Å². The number of aliphatic hydroxyl groups excluding tert-OH is 1. The fourth-order valence-corrected chi connectivity index (χ4v) is 1.47. The molecule has 2 nitrogen and oxygen atoms in total. The minimum Gasteiger partial charge on any atom is -0.388 e. The van der Waals surface area contributed by atoms with E-state index in [0.717, 1.165) is 12.1 Å². The molecule has 0 fully saturated rings. The van der Waals surface area contributed by atoms with Crippen LogP contribution in [0.15, 0.2) is 24.3 Å². The van der Waals surface area contributed by atoms with Crippen molar-refractivity contribution in [2.45, 2.75) is 31.7 Å². The molecule has 1 N–H and O–H groups in total. The number of aliphatic hydroxyl groups is 1. The molecule has 17 heavy (non-hydrogen) atoms. The van der Waals surface area contributed by atoms with Gasteiger partial charge in [-0.2, -0.15) is 13.2 Å². The van der Waals surface area contributed by atoms with Crippen molar-refractivity contribution in [1.29, 1.82) is 0 Å². The van der Waals surface area contributed by atoms with Gasteiger partial charge in [-0.15, -0.1) is 0 Å². The summed E-state index contributed by atoms with van der Waals surface area (Å²) in [6.45, 7) is 1.75. The molecule has 0 aliphatic carbocycles. The summed E-state index contributed by atoms with van der Waals surface area (Å²) in [6, 6.07) is 4.71. The molecule has 0 spiro atoms. The predicted molar refractivity (Wildman–Crippen MR) is 57.5 cm³/mol. The van der Waals surface area contributed by atoms with E-state index in [-0.39, 0.29) is 18.1 Å². The van der Waals surface area contributed by atoms with Crippen molar-refractivity contribution >= 4 is 0 Å². The summed E-state index contributed by atoms with van der Waals surface area (Å²) in [5, 5.41) is 9.76. The van der Waals surface area contributed by atoms with Crippen molar-refractivity contribution < 1.29 is 23.0 Å². The van der Waals surface area contributed by atoms with Gasteiger partial charge in [0.1, 0.15) is 0 Å². The van der Waals surface area contributed by atoms with Crippen molar-refractivity contribution in [3.05, 3.63) is 35.4 Å². The molecular formula is C12H15F3O2. The quantitative estimate of drug-likeness (QED) is 0.886. The monoisotopic (exact) mass is 248 g/mol. The molecule has 0 saturated carbocycles. The second-order valence-electron chi connectivity index (χ2n) is 3.92. The number of ether oxygens (including phenoxy) is 1. The van der Waals surface area contributed by atoms with Gasteiger partial charge in [0.05, 0.1) is 17.8 Å². The normalized spacial score (nSPS) is 15.6. The van der Waals surface area contributed by atoms with Crippen molar-refractivity contribution in [1.82, 2.24) is 0 Å². The first-order valence-corrected chi connectivity index (χ1v) is 5.22. The summed E-state index contributed by atoms with van der Waals surface area (Å²) in [6.07, 6.45) is -5.28. The molecule has 2 atom stereocenters. The molecule has 0 amide bonds. The smallest absolute Gasteiger partial charge is 0.388 e. The van der Waals surface area contributed by atoms with E-state index in [0.29, 0.717) is 0 Å². The molecular weight excluding hydrogens is 233 g/mol. The van der Waals surface area contributed by atoms with E-state index in [1.807, 2.05) is 0 Å². The minimum atomic E-state index is -4.39. The fraction of sp³-hybridized carbons (Fsp3) is 0.500. The van der Waals surface area contributed by atoms with E-state index in [9.17, 15) is 18.3 Å². The number of halogens is 3. The Kier molecular flexibility index (Phi) is 4.54. The van der Waals surface area contributed by atoms with Crippen molar-refractivity contribution in [2.24, 2.45) is 0 Å². The van der Waals surface area contributed by atoms with Crippen LogP contribution in [0.1, 0.15) is 30.6 Å². The highest BCUT2D eigenvalue weighted by Crippen LogP contribution is 2.31. The number of methoxy groups -OCH3 is 1. The van der Waals surface area contributed by atoms with Crippen LogP contribution in [-0.4, -0.2) is 18.3 Å². The van der Waals surface area contributed by atoms with Crippen LogP contribution < -0.4 is 0 Å². The van der Waals surface area contributed by atoms with Gasteiger partial charge in [-0.25, -0.2) is 0 Å². The molecule has 0 aliphatic heterocycles. The summed E-state index contributed by atoms with van der Waals surface area (Å²) in [7, 11) is 1.49. The molecule has 0 aromatic heterocycles. The van der Waals surface area contributed by atoms with E-state index in [2.05, 4.69) is 0 Å². The van der Waals surface area contributed by atoms with Crippen LogP contribution in [0.5, 0.6) is 0 Å². The van der Waals surface area contributed by atoms with Gasteiger partial charge < -0.3 is 9.84 Å². The van der Waals surface area contributed by atoms with Gasteiger partial charge in [-0.3, -0.25) is 0 Å². The Hall–Kier alpha value is -1.07. The second-order valence-corrected chi connectivity index (χ2v) is 3.92. The summed E-state index contributed by atoms with van der Waals surface area (Å²) in [5.74, 6) is 0. The third-order valence-corrected chi connectivity index (χ3v) is 2.56. The van der Waals surface area contributed by atoms with E-state index in [4.69, 9.17) is 4.74 Å². The summed E-state index contributed by atoms with van der Waals surface area (Å²) < 4.78 is 42.3. The van der Waals surface area contributed by atoms with Crippen LogP contribution in [0.2, 0.25) is 0 Å². The van der Waals surface area contributed by atoms with Gasteiger partial charge in [0, 0.05) is 13.5 Å². The molecule has 96 valence electrons. The average Bonchev–Trinajstić information content (AvgIpc) is 2.28. The highest BCUT2D eigenvalue weighted by atomic mass is 19.4. The lowest BCUT2D eigenvalue weighted by Crippen LogP contribution is -2.12. The number of benzene rings is 1. The zero-order valence-electron chi connectivity index (χ0n) is 9.66. The van der Waals surface area contributed by atoms with Crippen LogP contribution >= 0.6 is 0 Å². The molecule has 0 heterocycles. The summed E-state index contributed by atoms with van der Waals surface area (Å²) in [4.78, 5) is 0. The average molecular weight is 248 g/mol. The van der Waals surface area contributed by atoms with Crippen LogP contribution in [-0.2, 0) is 10.9 Å². The Morgan fingerprint density at radius 1 is 1.35 bits per heavy atom. The first-order chi connectivity index (χ1) is 7.84. The Morgan fingerprint density at radius 2 is 2.00 bits per heavy atom. The lowest BCUT2D eigenvalue weighted by Gasteiger charge is -2.16. The number of hydrogen-bond acceptors (Lipinski definition) is 2. The maximum absolute atomic E-state index is 12.5. The molecule has 0 saturated heterocycles. The SMILES string of the molecule is COC(C)CC(O)c1cccc(C(F)(F)F)c1. The maximum atomic E-state index is 12.5. The number of rotatable bonds is 4. The molecule has 0 radical (unpaired) electrons. The zero-order chi connectivity index (χ0) is 13.1. The maximum Gasteiger partial charge on any atom is 0.416 e. The van der Waals surface area contributed by atoms with Gasteiger partial charge in [-0.1, -0.05) is 12.1 Å². The molecule has 1 rings (SSSR count). The minimum absolute atomic E-state index is 0.209. The molecule has 0 aliphatic rings. The highest BCUT2D eigenvalue weighted by molar-refractivity contribution is 5.27. The number of alkyl halides is 3. The topological polar surface area (TPSA) is 29.5 Å². The second kappa shape index (κ2) is 5.51. The molecule has 5 heteroatoms. The van der Waals surface area contributed by atoms with Crippen molar-refractivity contribution in [3.8, 4) is 0 Å². The third kappa shape index (κ3) is 4.02. The van der Waals surface area contributed by atoms with Gasteiger partial charge >= 0.3 is 6.18 Å². The molecule has 0 bridgehead atoms. The summed E-state index contributed by atoms with van der Waals surface area (Å²) >= 11 is 0. The van der Waals surface area contributed by atoms with Crippen LogP contribution in [0.3, 0.4) is 0 Å². The lowest BCUT2D eigenvalue weighted by atomic mass is 10.0. The largest absolute Gasteiger partial charge is 0.416 e.